The van der Waals surface area contributed by atoms with Gasteiger partial charge in [-0.05, 0) is 71.4 Å². The van der Waals surface area contributed by atoms with Crippen LogP contribution in [0.25, 0.3) is 0 Å². The minimum Gasteiger partial charge on any atom is -0.459 e. The summed E-state index contributed by atoms with van der Waals surface area (Å²) in [5, 5.41) is 6.19. The van der Waals surface area contributed by atoms with Crippen LogP contribution in [0.4, 0.5) is 15.6 Å². The maximum atomic E-state index is 14.4. The monoisotopic (exact) mass is 810 g/mol. The van der Waals surface area contributed by atoms with Gasteiger partial charge in [-0.2, -0.15) is 0 Å². The summed E-state index contributed by atoms with van der Waals surface area (Å²) >= 11 is 1.45. The number of carbonyl (C=O) groups is 5. The Morgan fingerprint density at radius 3 is 2.55 bits per heavy atom. The molecule has 7 rings (SSSR count). The molecule has 0 spiro atoms. The molecule has 3 fully saturated rings. The molecule has 5 atom stereocenters. The van der Waals surface area contributed by atoms with Crippen molar-refractivity contribution in [2.75, 3.05) is 18.4 Å². The molecule has 3 aliphatic heterocycles. The second kappa shape index (κ2) is 15.8. The number of benzene rings is 1. The van der Waals surface area contributed by atoms with Gasteiger partial charge in [0.1, 0.15) is 29.2 Å². The van der Waals surface area contributed by atoms with E-state index in [1.54, 1.807) is 25.7 Å². The number of esters is 1. The van der Waals surface area contributed by atoms with Crippen molar-refractivity contribution >= 4 is 62.0 Å². The summed E-state index contributed by atoms with van der Waals surface area (Å²) in [5.41, 5.74) is -0.617. The highest BCUT2D eigenvalue weighted by molar-refractivity contribution is 7.91. The van der Waals surface area contributed by atoms with Gasteiger partial charge < -0.3 is 29.9 Å². The van der Waals surface area contributed by atoms with Crippen LogP contribution in [-0.2, 0) is 51.6 Å². The van der Waals surface area contributed by atoms with Gasteiger partial charge in [-0.3, -0.25) is 23.9 Å². The average Bonchev–Trinajstić information content (AvgIpc) is 4.03. The van der Waals surface area contributed by atoms with Crippen molar-refractivity contribution in [3.8, 4) is 0 Å². The van der Waals surface area contributed by atoms with Crippen LogP contribution >= 0.6 is 11.3 Å². The maximum absolute atomic E-state index is 14.4. The number of nitrogens with zero attached hydrogens (tertiary/aromatic N) is 3. The lowest BCUT2D eigenvalue weighted by Crippen LogP contribution is -2.57. The van der Waals surface area contributed by atoms with E-state index >= 15 is 0 Å². The number of amides is 4. The van der Waals surface area contributed by atoms with Crippen LogP contribution in [0.3, 0.4) is 0 Å². The third kappa shape index (κ3) is 9.03. The molecule has 4 heterocycles. The van der Waals surface area contributed by atoms with Gasteiger partial charge in [0.2, 0.25) is 21.8 Å². The van der Waals surface area contributed by atoms with Gasteiger partial charge in [0.15, 0.2) is 5.13 Å². The Bertz CT molecular complexity index is 1990. The highest BCUT2D eigenvalue weighted by Crippen LogP contribution is 2.46. The highest BCUT2D eigenvalue weighted by Gasteiger charge is 2.62. The van der Waals surface area contributed by atoms with E-state index in [9.17, 15) is 32.4 Å². The Kier molecular flexibility index (Phi) is 11.2. The van der Waals surface area contributed by atoms with Gasteiger partial charge in [-0.1, -0.05) is 54.5 Å². The standard InChI is InChI=1S/C39H50N6O9S2/c1-38(2,3)54-34(48)28-15-11-6-4-5-8-12-24-21-39(24,35(49)43-56(51,52)27-16-17-27)42-32(46)30-20-26(22-45(30)33(28)47)53-37(50)44-19-18-29-31(23-44)55-36(41-29)40-25-13-9-7-10-14-25/h7-10,12-14,24,26-28,30H,4-6,11,15-23H2,1-3H3,(H,40,41)(H,42,46)(H,43,49)/b12-8-/t24-,26-,28+,30+,39-/m1/s1. The van der Waals surface area contributed by atoms with E-state index in [2.05, 4.69) is 15.4 Å². The molecule has 1 aromatic carbocycles. The summed E-state index contributed by atoms with van der Waals surface area (Å²) in [6, 6.07) is 8.44. The molecule has 0 unspecified atom stereocenters. The lowest BCUT2D eigenvalue weighted by atomic mass is 9.98. The van der Waals surface area contributed by atoms with Crippen molar-refractivity contribution in [1.29, 1.82) is 0 Å². The van der Waals surface area contributed by atoms with Crippen molar-refractivity contribution in [2.45, 2.75) is 120 Å². The molecule has 2 aromatic rings. The van der Waals surface area contributed by atoms with Crippen molar-refractivity contribution in [2.24, 2.45) is 11.8 Å². The Morgan fingerprint density at radius 2 is 1.82 bits per heavy atom. The fourth-order valence-corrected chi connectivity index (χ4v) is 9.98. The number of aromatic nitrogens is 1. The first-order chi connectivity index (χ1) is 26.6. The first-order valence-corrected chi connectivity index (χ1v) is 21.8. The van der Waals surface area contributed by atoms with Crippen LogP contribution in [-0.4, -0.2) is 94.6 Å². The number of hydrogen-bond donors (Lipinski definition) is 3. The number of ether oxygens (including phenoxy) is 2. The molecule has 4 amide bonds. The largest absolute Gasteiger partial charge is 0.459 e. The number of fused-ring (bicyclic) bond motifs is 3. The number of anilines is 2. The molecule has 0 bridgehead atoms. The number of carbonyl (C=O) groups excluding carboxylic acids is 5. The molecule has 2 saturated carbocycles. The SMILES string of the molecule is CC(C)(C)OC(=O)[C@H]1CCCCC/C=C\[C@@H]2C[C@@]2(C(=O)NS(=O)(=O)C2CC2)NC(=O)[C@@H]2C[C@@H](OC(=O)N3CCc4nc(Nc5ccccc5)sc4C3)CN2C1=O. The van der Waals surface area contributed by atoms with Crippen LogP contribution in [0.15, 0.2) is 42.5 Å². The minimum atomic E-state index is -3.91. The smallest absolute Gasteiger partial charge is 0.410 e. The molecule has 1 saturated heterocycles. The van der Waals surface area contributed by atoms with Crippen molar-refractivity contribution < 1.29 is 41.9 Å². The van der Waals surface area contributed by atoms with Gasteiger partial charge in [-0.15, -0.1) is 0 Å². The zero-order valence-corrected chi connectivity index (χ0v) is 33.6. The number of allylic oxidation sites excluding steroid dienone is 1. The first kappa shape index (κ1) is 39.7. The molecule has 15 nitrogen and oxygen atoms in total. The van der Waals surface area contributed by atoms with Crippen LogP contribution in [0.2, 0.25) is 0 Å². The number of hydrogen-bond acceptors (Lipinski definition) is 12. The minimum absolute atomic E-state index is 0.0896. The topological polar surface area (TPSA) is 193 Å². The van der Waals surface area contributed by atoms with Gasteiger partial charge in [-0.25, -0.2) is 18.2 Å². The fraction of sp³-hybridized carbons (Fsp3) is 0.590. The predicted molar refractivity (Wildman–Crippen MR) is 207 cm³/mol. The zero-order chi connectivity index (χ0) is 39.8. The summed E-state index contributed by atoms with van der Waals surface area (Å²) in [6.45, 7) is 5.62. The molecule has 17 heteroatoms. The van der Waals surface area contributed by atoms with Gasteiger partial charge in [0, 0.05) is 35.9 Å². The lowest BCUT2D eigenvalue weighted by molar-refractivity contribution is -0.166. The van der Waals surface area contributed by atoms with Gasteiger partial charge >= 0.3 is 12.1 Å². The molecule has 2 aliphatic carbocycles. The van der Waals surface area contributed by atoms with Crippen LogP contribution in [0.1, 0.15) is 89.1 Å². The summed E-state index contributed by atoms with van der Waals surface area (Å²) in [7, 11) is -3.91. The second-order valence-corrected chi connectivity index (χ2v) is 19.4. The molecule has 3 N–H and O–H groups in total. The number of rotatable bonds is 7. The molecule has 1 aromatic heterocycles. The van der Waals surface area contributed by atoms with E-state index in [1.807, 2.05) is 42.5 Å². The summed E-state index contributed by atoms with van der Waals surface area (Å²) in [4.78, 5) is 78.1. The molecule has 0 radical (unpaired) electrons. The third-order valence-electron chi connectivity index (χ3n) is 10.8. The number of para-hydroxylation sites is 1. The Balaban J connectivity index is 1.10. The second-order valence-electron chi connectivity index (χ2n) is 16.4. The van der Waals surface area contributed by atoms with E-state index in [0.29, 0.717) is 43.8 Å². The Morgan fingerprint density at radius 1 is 1.05 bits per heavy atom. The molecular formula is C39H50N6O9S2. The Hall–Kier alpha value is -4.51. The van der Waals surface area contributed by atoms with Gasteiger partial charge in [0.25, 0.3) is 5.91 Å². The number of nitrogens with one attached hydrogen (secondary N) is 3. The zero-order valence-electron chi connectivity index (χ0n) is 32.0. The molecular weight excluding hydrogens is 761 g/mol. The molecule has 5 aliphatic rings. The number of thiazole rings is 1. The average molecular weight is 811 g/mol. The predicted octanol–water partition coefficient (Wildman–Crippen LogP) is 4.31. The maximum Gasteiger partial charge on any atom is 0.410 e. The Labute approximate surface area is 331 Å². The van der Waals surface area contributed by atoms with E-state index in [4.69, 9.17) is 14.5 Å². The van der Waals surface area contributed by atoms with Crippen molar-refractivity contribution in [3.05, 3.63) is 53.1 Å². The van der Waals surface area contributed by atoms with E-state index in [-0.39, 0.29) is 32.4 Å². The number of sulfonamides is 1. The normalized spacial score (nSPS) is 27.6. The quantitative estimate of drug-likeness (QED) is 0.205. The molecule has 56 heavy (non-hydrogen) atoms. The summed E-state index contributed by atoms with van der Waals surface area (Å²) in [6.07, 6.45) is 6.66. The highest BCUT2D eigenvalue weighted by atomic mass is 32.2. The summed E-state index contributed by atoms with van der Waals surface area (Å²) in [5.74, 6) is -4.52. The summed E-state index contributed by atoms with van der Waals surface area (Å²) < 4.78 is 39.5. The van der Waals surface area contributed by atoms with E-state index in [0.717, 1.165) is 29.1 Å². The fourth-order valence-electron chi connectivity index (χ4n) is 7.57. The van der Waals surface area contributed by atoms with Gasteiger partial charge in [0.05, 0.1) is 24.0 Å². The molecule has 302 valence electrons. The third-order valence-corrected chi connectivity index (χ3v) is 13.6. The van der Waals surface area contributed by atoms with Crippen LogP contribution in [0, 0.1) is 11.8 Å². The van der Waals surface area contributed by atoms with Crippen LogP contribution < -0.4 is 15.4 Å². The lowest BCUT2D eigenvalue weighted by Gasteiger charge is -2.30. The van der Waals surface area contributed by atoms with E-state index < -0.39 is 80.2 Å². The van der Waals surface area contributed by atoms with Crippen molar-refractivity contribution in [1.82, 2.24) is 24.8 Å². The van der Waals surface area contributed by atoms with Crippen molar-refractivity contribution in [3.63, 3.8) is 0 Å². The van der Waals surface area contributed by atoms with E-state index in [1.165, 1.54) is 16.2 Å². The first-order valence-electron chi connectivity index (χ1n) is 19.5. The van der Waals surface area contributed by atoms with Crippen LogP contribution in [0.5, 0.6) is 0 Å².